The summed E-state index contributed by atoms with van der Waals surface area (Å²) in [6.45, 7) is 6.73. The number of rotatable bonds is 5. The highest BCUT2D eigenvalue weighted by Crippen LogP contribution is 1.90. The van der Waals surface area contributed by atoms with Crippen LogP contribution < -0.4 is 0 Å². The minimum absolute atomic E-state index is 0.147. The van der Waals surface area contributed by atoms with Crippen molar-refractivity contribution in [1.82, 2.24) is 9.80 Å². The molecule has 0 spiro atoms. The molecule has 72 valence electrons. The fourth-order valence-electron chi connectivity index (χ4n) is 0.893. The Morgan fingerprint density at radius 3 is 2.25 bits per heavy atom. The number of nitrogens with zero attached hydrogens (tertiary/aromatic N) is 2. The first-order valence-electron chi connectivity index (χ1n) is 4.48. The molecule has 0 saturated carbocycles. The molecule has 0 atom stereocenters. The molecule has 0 aliphatic rings. The minimum atomic E-state index is 0.147. The fourth-order valence-corrected chi connectivity index (χ4v) is 0.893. The van der Waals surface area contributed by atoms with E-state index in [2.05, 4.69) is 18.9 Å². The molecule has 1 amide bonds. The first-order valence-corrected chi connectivity index (χ1v) is 4.48. The second kappa shape index (κ2) is 6.00. The van der Waals surface area contributed by atoms with E-state index >= 15 is 0 Å². The Morgan fingerprint density at radius 2 is 1.83 bits per heavy atom. The Labute approximate surface area is 75.3 Å². The van der Waals surface area contributed by atoms with Crippen LogP contribution in [0.5, 0.6) is 0 Å². The van der Waals surface area contributed by atoms with Crippen molar-refractivity contribution in [3.8, 4) is 0 Å². The van der Waals surface area contributed by atoms with Crippen molar-refractivity contribution >= 4 is 5.91 Å². The van der Waals surface area contributed by atoms with Crippen LogP contribution >= 0.6 is 0 Å². The SMILES string of the molecule is CCN(C)CCCN(C)C(C)=O. The third kappa shape index (κ3) is 5.13. The molecular formula is C9H20N2O. The van der Waals surface area contributed by atoms with Gasteiger partial charge >= 0.3 is 0 Å². The molecule has 0 N–H and O–H groups in total. The van der Waals surface area contributed by atoms with Gasteiger partial charge in [-0.2, -0.15) is 0 Å². The summed E-state index contributed by atoms with van der Waals surface area (Å²) in [5.74, 6) is 0.147. The number of amides is 1. The maximum atomic E-state index is 10.8. The third-order valence-electron chi connectivity index (χ3n) is 2.11. The van der Waals surface area contributed by atoms with Gasteiger partial charge in [-0.05, 0) is 26.6 Å². The minimum Gasteiger partial charge on any atom is -0.346 e. The van der Waals surface area contributed by atoms with E-state index in [0.29, 0.717) is 0 Å². The summed E-state index contributed by atoms with van der Waals surface area (Å²) in [5, 5.41) is 0. The average Bonchev–Trinajstić information content (AvgIpc) is 2.03. The number of hydrogen-bond donors (Lipinski definition) is 0. The van der Waals surface area contributed by atoms with Crippen LogP contribution in [0.3, 0.4) is 0 Å². The molecule has 0 aliphatic carbocycles. The van der Waals surface area contributed by atoms with Crippen LogP contribution in [0.1, 0.15) is 20.3 Å². The van der Waals surface area contributed by atoms with Gasteiger partial charge in [0, 0.05) is 20.5 Å². The molecule has 0 unspecified atom stereocenters. The van der Waals surface area contributed by atoms with Gasteiger partial charge in [0.2, 0.25) is 5.91 Å². The van der Waals surface area contributed by atoms with E-state index in [4.69, 9.17) is 0 Å². The van der Waals surface area contributed by atoms with E-state index in [0.717, 1.165) is 26.1 Å². The van der Waals surface area contributed by atoms with Gasteiger partial charge in [-0.25, -0.2) is 0 Å². The largest absolute Gasteiger partial charge is 0.346 e. The van der Waals surface area contributed by atoms with Crippen LogP contribution in [-0.4, -0.2) is 49.4 Å². The average molecular weight is 172 g/mol. The Balaban J connectivity index is 3.37. The summed E-state index contributed by atoms with van der Waals surface area (Å²) in [6.07, 6.45) is 1.06. The quantitative estimate of drug-likeness (QED) is 0.612. The number of carbonyl (C=O) groups is 1. The molecule has 0 rings (SSSR count). The van der Waals surface area contributed by atoms with Crippen molar-refractivity contribution in [2.75, 3.05) is 33.7 Å². The topological polar surface area (TPSA) is 23.6 Å². The Bertz CT molecular complexity index is 136. The van der Waals surface area contributed by atoms with Gasteiger partial charge in [0.15, 0.2) is 0 Å². The third-order valence-corrected chi connectivity index (χ3v) is 2.11. The molecule has 0 radical (unpaired) electrons. The van der Waals surface area contributed by atoms with Gasteiger partial charge in [0.1, 0.15) is 0 Å². The van der Waals surface area contributed by atoms with Crippen LogP contribution in [0.2, 0.25) is 0 Å². The lowest BCUT2D eigenvalue weighted by molar-refractivity contribution is -0.127. The zero-order chi connectivity index (χ0) is 9.56. The lowest BCUT2D eigenvalue weighted by Gasteiger charge is -2.17. The maximum Gasteiger partial charge on any atom is 0.219 e. The van der Waals surface area contributed by atoms with Crippen LogP contribution in [-0.2, 0) is 4.79 Å². The van der Waals surface area contributed by atoms with Gasteiger partial charge in [-0.3, -0.25) is 4.79 Å². The monoisotopic (exact) mass is 172 g/mol. The highest BCUT2D eigenvalue weighted by molar-refractivity contribution is 5.72. The smallest absolute Gasteiger partial charge is 0.219 e. The lowest BCUT2D eigenvalue weighted by Crippen LogP contribution is -2.28. The first kappa shape index (κ1) is 11.4. The molecule has 12 heavy (non-hydrogen) atoms. The zero-order valence-electron chi connectivity index (χ0n) is 8.63. The van der Waals surface area contributed by atoms with E-state index in [1.165, 1.54) is 0 Å². The molecule has 0 aromatic rings. The fraction of sp³-hybridized carbons (Fsp3) is 0.889. The van der Waals surface area contributed by atoms with Gasteiger partial charge in [-0.1, -0.05) is 6.92 Å². The predicted octanol–water partition coefficient (Wildman–Crippen LogP) is 0.806. The lowest BCUT2D eigenvalue weighted by atomic mass is 10.3. The second-order valence-electron chi connectivity index (χ2n) is 3.19. The summed E-state index contributed by atoms with van der Waals surface area (Å²) in [7, 11) is 3.93. The van der Waals surface area contributed by atoms with Gasteiger partial charge in [-0.15, -0.1) is 0 Å². The summed E-state index contributed by atoms with van der Waals surface area (Å²) < 4.78 is 0. The summed E-state index contributed by atoms with van der Waals surface area (Å²) in [6, 6.07) is 0. The molecule has 3 heteroatoms. The summed E-state index contributed by atoms with van der Waals surface area (Å²) in [5.41, 5.74) is 0. The van der Waals surface area contributed by atoms with Crippen molar-refractivity contribution in [3.63, 3.8) is 0 Å². The zero-order valence-corrected chi connectivity index (χ0v) is 8.63. The molecule has 0 saturated heterocycles. The molecule has 0 aliphatic heterocycles. The van der Waals surface area contributed by atoms with Gasteiger partial charge in [0.25, 0.3) is 0 Å². The Morgan fingerprint density at radius 1 is 1.25 bits per heavy atom. The van der Waals surface area contributed by atoms with Crippen molar-refractivity contribution < 1.29 is 4.79 Å². The van der Waals surface area contributed by atoms with Gasteiger partial charge in [0.05, 0.1) is 0 Å². The highest BCUT2D eigenvalue weighted by atomic mass is 16.2. The molecule has 0 aromatic heterocycles. The summed E-state index contributed by atoms with van der Waals surface area (Å²) in [4.78, 5) is 14.8. The highest BCUT2D eigenvalue weighted by Gasteiger charge is 2.01. The molecule has 0 bridgehead atoms. The van der Waals surface area contributed by atoms with Crippen molar-refractivity contribution in [1.29, 1.82) is 0 Å². The van der Waals surface area contributed by atoms with E-state index in [1.54, 1.807) is 11.8 Å². The van der Waals surface area contributed by atoms with Crippen LogP contribution in [0.15, 0.2) is 0 Å². The summed E-state index contributed by atoms with van der Waals surface area (Å²) >= 11 is 0. The Hall–Kier alpha value is -0.570. The molecular weight excluding hydrogens is 152 g/mol. The first-order chi connectivity index (χ1) is 5.57. The van der Waals surface area contributed by atoms with Crippen LogP contribution in [0.25, 0.3) is 0 Å². The van der Waals surface area contributed by atoms with E-state index < -0.39 is 0 Å². The van der Waals surface area contributed by atoms with Crippen molar-refractivity contribution in [3.05, 3.63) is 0 Å². The normalized spacial score (nSPS) is 10.4. The maximum absolute atomic E-state index is 10.8. The van der Waals surface area contributed by atoms with Gasteiger partial charge < -0.3 is 9.80 Å². The number of hydrogen-bond acceptors (Lipinski definition) is 2. The van der Waals surface area contributed by atoms with Crippen LogP contribution in [0, 0.1) is 0 Å². The van der Waals surface area contributed by atoms with Crippen molar-refractivity contribution in [2.24, 2.45) is 0 Å². The van der Waals surface area contributed by atoms with Crippen molar-refractivity contribution in [2.45, 2.75) is 20.3 Å². The Kier molecular flexibility index (Phi) is 5.72. The van der Waals surface area contributed by atoms with Crippen LogP contribution in [0.4, 0.5) is 0 Å². The van der Waals surface area contributed by atoms with E-state index in [1.807, 2.05) is 7.05 Å². The molecule has 3 nitrogen and oxygen atoms in total. The molecule has 0 heterocycles. The number of carbonyl (C=O) groups excluding carboxylic acids is 1. The molecule has 0 aromatic carbocycles. The predicted molar refractivity (Wildman–Crippen MR) is 51.1 cm³/mol. The second-order valence-corrected chi connectivity index (χ2v) is 3.19. The molecule has 0 fully saturated rings. The standard InChI is InChI=1S/C9H20N2O/c1-5-10(3)7-6-8-11(4)9(2)12/h5-8H2,1-4H3. The van der Waals surface area contributed by atoms with E-state index in [-0.39, 0.29) is 5.91 Å². The van der Waals surface area contributed by atoms with E-state index in [9.17, 15) is 4.79 Å².